The largest absolute Gasteiger partial charge is 0.444 e. The molecule has 1 aromatic carbocycles. The van der Waals surface area contributed by atoms with Gasteiger partial charge in [0.25, 0.3) is 0 Å². The molecule has 1 aliphatic rings. The summed E-state index contributed by atoms with van der Waals surface area (Å²) in [5, 5.41) is 3.99. The molecule has 4 rings (SSSR count). The van der Waals surface area contributed by atoms with Crippen molar-refractivity contribution in [3.63, 3.8) is 0 Å². The van der Waals surface area contributed by atoms with E-state index in [0.717, 1.165) is 17.5 Å². The van der Waals surface area contributed by atoms with Crippen molar-refractivity contribution >= 4 is 6.09 Å². The fourth-order valence-electron chi connectivity index (χ4n) is 3.02. The van der Waals surface area contributed by atoms with Gasteiger partial charge in [0.2, 0.25) is 11.7 Å². The number of benzene rings is 1. The SMILES string of the molecule is CC(C)(C)OC(=O)N1CCC1c1nc(-c2ccc(-c3cccc(F)c3)cn2)no1. The van der Waals surface area contributed by atoms with Crippen LogP contribution in [0.1, 0.15) is 39.1 Å². The summed E-state index contributed by atoms with van der Waals surface area (Å²) in [5.74, 6) is 0.388. The Balaban J connectivity index is 1.49. The van der Waals surface area contributed by atoms with Crippen molar-refractivity contribution < 1.29 is 18.4 Å². The fourth-order valence-corrected chi connectivity index (χ4v) is 3.02. The molecule has 8 heteroatoms. The Kier molecular flexibility index (Phi) is 4.77. The third-order valence-corrected chi connectivity index (χ3v) is 4.52. The van der Waals surface area contributed by atoms with Gasteiger partial charge in [0.1, 0.15) is 23.2 Å². The second kappa shape index (κ2) is 7.27. The number of rotatable bonds is 3. The standard InChI is InChI=1S/C21H21FN4O3/c1-21(2,3)28-20(27)26-10-9-17(26)19-24-18(25-29-19)16-8-7-14(12-23-16)13-5-4-6-15(22)11-13/h4-8,11-12,17H,9-10H2,1-3H3. The molecule has 1 saturated heterocycles. The van der Waals surface area contributed by atoms with E-state index in [2.05, 4.69) is 15.1 Å². The fraction of sp³-hybridized carbons (Fsp3) is 0.333. The molecule has 3 aromatic rings. The Labute approximate surface area is 167 Å². The lowest BCUT2D eigenvalue weighted by Gasteiger charge is -2.39. The Hall–Kier alpha value is -3.29. The van der Waals surface area contributed by atoms with Gasteiger partial charge in [-0.2, -0.15) is 4.98 Å². The number of likely N-dealkylation sites (tertiary alicyclic amines) is 1. The number of aromatic nitrogens is 3. The molecular weight excluding hydrogens is 375 g/mol. The number of hydrogen-bond acceptors (Lipinski definition) is 6. The molecule has 0 spiro atoms. The van der Waals surface area contributed by atoms with E-state index in [9.17, 15) is 9.18 Å². The van der Waals surface area contributed by atoms with Gasteiger partial charge < -0.3 is 9.26 Å². The highest BCUT2D eigenvalue weighted by molar-refractivity contribution is 5.69. The van der Waals surface area contributed by atoms with Gasteiger partial charge in [0.15, 0.2) is 0 Å². The predicted octanol–water partition coefficient (Wildman–Crippen LogP) is 4.62. The van der Waals surface area contributed by atoms with Crippen LogP contribution >= 0.6 is 0 Å². The molecule has 0 radical (unpaired) electrons. The zero-order valence-corrected chi connectivity index (χ0v) is 16.4. The van der Waals surface area contributed by atoms with Crippen molar-refractivity contribution in [1.82, 2.24) is 20.0 Å². The highest BCUT2D eigenvalue weighted by Crippen LogP contribution is 2.34. The van der Waals surface area contributed by atoms with Crippen LogP contribution in [0.5, 0.6) is 0 Å². The molecule has 1 aliphatic heterocycles. The van der Waals surface area contributed by atoms with Crippen molar-refractivity contribution in [2.45, 2.75) is 38.8 Å². The number of nitrogens with zero attached hydrogens (tertiary/aromatic N) is 4. The molecule has 7 nitrogen and oxygen atoms in total. The maximum absolute atomic E-state index is 13.4. The van der Waals surface area contributed by atoms with Crippen LogP contribution in [0, 0.1) is 5.82 Å². The van der Waals surface area contributed by atoms with Crippen molar-refractivity contribution in [3.05, 3.63) is 54.3 Å². The minimum atomic E-state index is -0.565. The third kappa shape index (κ3) is 4.11. The quantitative estimate of drug-likeness (QED) is 0.643. The summed E-state index contributed by atoms with van der Waals surface area (Å²) >= 11 is 0. The van der Waals surface area contributed by atoms with Crippen LogP contribution in [-0.2, 0) is 4.74 Å². The van der Waals surface area contributed by atoms with Gasteiger partial charge >= 0.3 is 6.09 Å². The monoisotopic (exact) mass is 396 g/mol. The molecule has 0 bridgehead atoms. The van der Waals surface area contributed by atoms with E-state index in [1.165, 1.54) is 12.1 Å². The number of pyridine rings is 1. The number of halogens is 1. The molecule has 1 atom stereocenters. The van der Waals surface area contributed by atoms with E-state index in [0.29, 0.717) is 24.0 Å². The molecule has 0 aliphatic carbocycles. The van der Waals surface area contributed by atoms with Gasteiger partial charge in [-0.3, -0.25) is 9.88 Å². The molecule has 3 heterocycles. The first-order chi connectivity index (χ1) is 13.8. The van der Waals surface area contributed by atoms with E-state index in [1.54, 1.807) is 23.2 Å². The van der Waals surface area contributed by atoms with E-state index >= 15 is 0 Å². The summed E-state index contributed by atoms with van der Waals surface area (Å²) in [4.78, 5) is 22.6. The lowest BCUT2D eigenvalue weighted by atomic mass is 10.0. The Morgan fingerprint density at radius 3 is 2.69 bits per heavy atom. The Morgan fingerprint density at radius 2 is 2.07 bits per heavy atom. The highest BCUT2D eigenvalue weighted by atomic mass is 19.1. The highest BCUT2D eigenvalue weighted by Gasteiger charge is 2.39. The van der Waals surface area contributed by atoms with Crippen LogP contribution in [0.25, 0.3) is 22.6 Å². The maximum Gasteiger partial charge on any atom is 0.410 e. The molecule has 150 valence electrons. The first-order valence-corrected chi connectivity index (χ1v) is 9.36. The Morgan fingerprint density at radius 1 is 1.24 bits per heavy atom. The smallest absolute Gasteiger partial charge is 0.410 e. The normalized spacial score (nSPS) is 16.4. The molecule has 0 saturated carbocycles. The average molecular weight is 396 g/mol. The Bertz CT molecular complexity index is 1030. The van der Waals surface area contributed by atoms with Gasteiger partial charge in [-0.1, -0.05) is 23.4 Å². The van der Waals surface area contributed by atoms with E-state index < -0.39 is 11.7 Å². The van der Waals surface area contributed by atoms with Crippen LogP contribution in [0.4, 0.5) is 9.18 Å². The van der Waals surface area contributed by atoms with Gasteiger partial charge in [0, 0.05) is 18.3 Å². The average Bonchev–Trinajstić information content (AvgIpc) is 3.08. The minimum Gasteiger partial charge on any atom is -0.444 e. The molecule has 1 amide bonds. The summed E-state index contributed by atoms with van der Waals surface area (Å²) in [7, 11) is 0. The van der Waals surface area contributed by atoms with Crippen LogP contribution < -0.4 is 0 Å². The van der Waals surface area contributed by atoms with Gasteiger partial charge in [0.05, 0.1) is 0 Å². The van der Waals surface area contributed by atoms with Gasteiger partial charge in [-0.25, -0.2) is 9.18 Å². The number of amides is 1. The summed E-state index contributed by atoms with van der Waals surface area (Å²) in [5.41, 5.74) is 1.49. The van der Waals surface area contributed by atoms with Crippen molar-refractivity contribution in [3.8, 4) is 22.6 Å². The summed E-state index contributed by atoms with van der Waals surface area (Å²) in [6.45, 7) is 6.05. The maximum atomic E-state index is 13.4. The minimum absolute atomic E-state index is 0.294. The van der Waals surface area contributed by atoms with E-state index in [-0.39, 0.29) is 11.9 Å². The topological polar surface area (TPSA) is 81.4 Å². The molecule has 1 fully saturated rings. The van der Waals surface area contributed by atoms with Gasteiger partial charge in [-0.05, 0) is 51.0 Å². The third-order valence-electron chi connectivity index (χ3n) is 4.52. The molecule has 2 aromatic heterocycles. The molecule has 0 N–H and O–H groups in total. The van der Waals surface area contributed by atoms with Crippen LogP contribution in [-0.4, -0.2) is 38.3 Å². The van der Waals surface area contributed by atoms with Crippen LogP contribution in [0.2, 0.25) is 0 Å². The second-order valence-electron chi connectivity index (χ2n) is 7.88. The first kappa shape index (κ1) is 19.0. The molecule has 1 unspecified atom stereocenters. The van der Waals surface area contributed by atoms with E-state index in [4.69, 9.17) is 9.26 Å². The van der Waals surface area contributed by atoms with Crippen LogP contribution in [0.3, 0.4) is 0 Å². The van der Waals surface area contributed by atoms with Crippen molar-refractivity contribution in [1.29, 1.82) is 0 Å². The zero-order valence-electron chi connectivity index (χ0n) is 16.4. The number of carbonyl (C=O) groups excluding carboxylic acids is 1. The van der Waals surface area contributed by atoms with Crippen molar-refractivity contribution in [2.24, 2.45) is 0 Å². The first-order valence-electron chi connectivity index (χ1n) is 9.36. The lowest BCUT2D eigenvalue weighted by molar-refractivity contribution is -0.0119. The van der Waals surface area contributed by atoms with Crippen molar-refractivity contribution in [2.75, 3.05) is 6.54 Å². The summed E-state index contributed by atoms with van der Waals surface area (Å²) in [6, 6.07) is 9.59. The summed E-state index contributed by atoms with van der Waals surface area (Å²) in [6.07, 6.45) is 1.97. The summed E-state index contributed by atoms with van der Waals surface area (Å²) < 4.78 is 24.2. The predicted molar refractivity (Wildman–Crippen MR) is 103 cm³/mol. The van der Waals surface area contributed by atoms with Crippen LogP contribution in [0.15, 0.2) is 47.1 Å². The second-order valence-corrected chi connectivity index (χ2v) is 7.88. The number of hydrogen-bond donors (Lipinski definition) is 0. The molecule has 29 heavy (non-hydrogen) atoms. The molecular formula is C21H21FN4O3. The van der Waals surface area contributed by atoms with E-state index in [1.807, 2.05) is 32.9 Å². The lowest BCUT2D eigenvalue weighted by Crippen LogP contribution is -2.47. The zero-order chi connectivity index (χ0) is 20.6. The number of carbonyl (C=O) groups is 1. The van der Waals surface area contributed by atoms with Gasteiger partial charge in [-0.15, -0.1) is 0 Å². The number of ether oxygens (including phenoxy) is 1.